The number of alkyl halides is 3. The highest BCUT2D eigenvalue weighted by molar-refractivity contribution is 4.93. The van der Waals surface area contributed by atoms with Gasteiger partial charge in [0.05, 0.1) is 5.41 Å². The lowest BCUT2D eigenvalue weighted by Crippen LogP contribution is -2.42. The zero-order chi connectivity index (χ0) is 19.0. The van der Waals surface area contributed by atoms with Gasteiger partial charge in [-0.2, -0.15) is 13.2 Å². The lowest BCUT2D eigenvalue weighted by molar-refractivity contribution is -0.241. The van der Waals surface area contributed by atoms with Gasteiger partial charge in [0.15, 0.2) is 0 Å². The second-order valence-corrected chi connectivity index (χ2v) is 9.35. The second kappa shape index (κ2) is 10.4. The summed E-state index contributed by atoms with van der Waals surface area (Å²) in [7, 11) is 0. The Hall–Kier alpha value is -0.210. The van der Waals surface area contributed by atoms with Gasteiger partial charge in [-0.05, 0) is 62.7 Å². The molecule has 0 unspecified atom stereocenters. The first-order valence-corrected chi connectivity index (χ1v) is 11.5. The third kappa shape index (κ3) is 5.89. The summed E-state index contributed by atoms with van der Waals surface area (Å²) in [6.45, 7) is 4.40. The van der Waals surface area contributed by atoms with Crippen LogP contribution in [0.25, 0.3) is 0 Å². The van der Waals surface area contributed by atoms with E-state index in [0.717, 1.165) is 50.9 Å². The molecule has 0 aromatic carbocycles. The fourth-order valence-electron chi connectivity index (χ4n) is 5.76. The Kier molecular flexibility index (Phi) is 8.80. The van der Waals surface area contributed by atoms with Crippen LogP contribution >= 0.6 is 0 Å². The van der Waals surface area contributed by atoms with E-state index in [1.807, 2.05) is 0 Å². The second-order valence-electron chi connectivity index (χ2n) is 9.35. The van der Waals surface area contributed by atoms with E-state index in [2.05, 4.69) is 13.8 Å². The Morgan fingerprint density at radius 2 is 1.31 bits per heavy atom. The van der Waals surface area contributed by atoms with Gasteiger partial charge in [0, 0.05) is 0 Å². The van der Waals surface area contributed by atoms with Crippen molar-refractivity contribution in [1.82, 2.24) is 0 Å². The molecule has 3 heteroatoms. The van der Waals surface area contributed by atoms with Gasteiger partial charge in [-0.15, -0.1) is 0 Å². The van der Waals surface area contributed by atoms with Crippen molar-refractivity contribution in [2.75, 3.05) is 0 Å². The average Bonchev–Trinajstić information content (AvgIpc) is 2.62. The molecule has 0 aromatic rings. The molecule has 0 spiro atoms. The summed E-state index contributed by atoms with van der Waals surface area (Å²) >= 11 is 0. The van der Waals surface area contributed by atoms with Crippen LogP contribution in [-0.2, 0) is 0 Å². The van der Waals surface area contributed by atoms with Crippen LogP contribution in [0.3, 0.4) is 0 Å². The summed E-state index contributed by atoms with van der Waals surface area (Å²) in [5, 5.41) is 0. The van der Waals surface area contributed by atoms with Crippen molar-refractivity contribution in [1.29, 1.82) is 0 Å². The first-order valence-electron chi connectivity index (χ1n) is 11.5. The van der Waals surface area contributed by atoms with Crippen LogP contribution in [0.5, 0.6) is 0 Å². The van der Waals surface area contributed by atoms with E-state index in [1.54, 1.807) is 0 Å². The Labute approximate surface area is 159 Å². The molecular formula is C23H41F3. The van der Waals surface area contributed by atoms with Crippen molar-refractivity contribution in [2.45, 2.75) is 123 Å². The summed E-state index contributed by atoms with van der Waals surface area (Å²) in [6.07, 6.45) is 11.7. The van der Waals surface area contributed by atoms with Crippen molar-refractivity contribution in [2.24, 2.45) is 23.2 Å². The summed E-state index contributed by atoms with van der Waals surface area (Å²) in [6, 6.07) is 0. The predicted molar refractivity (Wildman–Crippen MR) is 104 cm³/mol. The molecule has 0 amide bonds. The Balaban J connectivity index is 1.82. The topological polar surface area (TPSA) is 0 Å². The van der Waals surface area contributed by atoms with Gasteiger partial charge in [-0.3, -0.25) is 0 Å². The lowest BCUT2D eigenvalue weighted by atomic mass is 9.62. The van der Waals surface area contributed by atoms with Gasteiger partial charge in [-0.25, -0.2) is 0 Å². The quantitative estimate of drug-likeness (QED) is 0.354. The van der Waals surface area contributed by atoms with Crippen molar-refractivity contribution in [3.05, 3.63) is 0 Å². The molecule has 0 atom stereocenters. The fourth-order valence-corrected chi connectivity index (χ4v) is 5.76. The highest BCUT2D eigenvalue weighted by atomic mass is 19.4. The van der Waals surface area contributed by atoms with Crippen molar-refractivity contribution < 1.29 is 13.2 Å². The molecule has 0 radical (unpaired) electrons. The molecule has 2 aliphatic rings. The summed E-state index contributed by atoms with van der Waals surface area (Å²) < 4.78 is 41.6. The van der Waals surface area contributed by atoms with Gasteiger partial charge < -0.3 is 0 Å². The predicted octanol–water partition coefficient (Wildman–Crippen LogP) is 8.69. The first-order chi connectivity index (χ1) is 12.4. The zero-order valence-electron chi connectivity index (χ0n) is 17.2. The molecular weight excluding hydrogens is 333 g/mol. The molecule has 0 heterocycles. The Morgan fingerprint density at radius 3 is 1.85 bits per heavy atom. The van der Waals surface area contributed by atoms with Gasteiger partial charge in [-0.1, -0.05) is 71.6 Å². The van der Waals surface area contributed by atoms with Crippen molar-refractivity contribution >= 4 is 0 Å². The van der Waals surface area contributed by atoms with Gasteiger partial charge in [0.25, 0.3) is 0 Å². The zero-order valence-corrected chi connectivity index (χ0v) is 17.2. The van der Waals surface area contributed by atoms with E-state index in [4.69, 9.17) is 0 Å². The molecule has 26 heavy (non-hydrogen) atoms. The molecule has 2 fully saturated rings. The van der Waals surface area contributed by atoms with E-state index in [-0.39, 0.29) is 0 Å². The average molecular weight is 375 g/mol. The molecule has 0 N–H and O–H groups in total. The maximum atomic E-state index is 13.9. The summed E-state index contributed by atoms with van der Waals surface area (Å²) in [4.78, 5) is 0. The van der Waals surface area contributed by atoms with Crippen LogP contribution in [0.1, 0.15) is 117 Å². The smallest absolute Gasteiger partial charge is 0.171 e. The minimum Gasteiger partial charge on any atom is -0.171 e. The van der Waals surface area contributed by atoms with Crippen LogP contribution in [0.4, 0.5) is 13.2 Å². The summed E-state index contributed by atoms with van der Waals surface area (Å²) in [5.74, 6) is 2.16. The molecule has 2 saturated carbocycles. The Bertz CT molecular complexity index is 371. The molecule has 0 aromatic heterocycles. The van der Waals surface area contributed by atoms with Crippen molar-refractivity contribution in [3.63, 3.8) is 0 Å². The lowest BCUT2D eigenvalue weighted by Gasteiger charge is -2.44. The van der Waals surface area contributed by atoms with Crippen LogP contribution in [0.2, 0.25) is 0 Å². The first kappa shape index (κ1) is 22.1. The highest BCUT2D eigenvalue weighted by Crippen LogP contribution is 2.55. The Morgan fingerprint density at radius 1 is 0.731 bits per heavy atom. The molecule has 2 rings (SSSR count). The van der Waals surface area contributed by atoms with Crippen LogP contribution in [-0.4, -0.2) is 6.18 Å². The normalized spacial score (nSPS) is 33.3. The van der Waals surface area contributed by atoms with E-state index in [9.17, 15) is 13.2 Å². The number of halogens is 3. The third-order valence-corrected chi connectivity index (χ3v) is 7.60. The van der Waals surface area contributed by atoms with Crippen LogP contribution in [0, 0.1) is 23.2 Å². The molecule has 2 aliphatic carbocycles. The minimum absolute atomic E-state index is 0.371. The number of unbranched alkanes of at least 4 members (excludes halogenated alkanes) is 4. The standard InChI is InChI=1S/C23H41F3/c1-3-5-6-7-8-16-22(23(24,25)26)17-14-21(15-18-22)20-12-10-19(9-4-2)11-13-20/h19-21H,3-18H2,1-2H3/t19?,20?,21-,22+. The number of hydrogen-bond acceptors (Lipinski definition) is 0. The van der Waals surface area contributed by atoms with Gasteiger partial charge >= 0.3 is 6.18 Å². The van der Waals surface area contributed by atoms with Gasteiger partial charge in [0.1, 0.15) is 0 Å². The molecule has 0 bridgehead atoms. The van der Waals surface area contributed by atoms with E-state index in [0.29, 0.717) is 31.1 Å². The molecule has 154 valence electrons. The molecule has 0 aliphatic heterocycles. The highest BCUT2D eigenvalue weighted by Gasteiger charge is 2.55. The number of hydrogen-bond donors (Lipinski definition) is 0. The third-order valence-electron chi connectivity index (χ3n) is 7.60. The van der Waals surface area contributed by atoms with E-state index < -0.39 is 11.6 Å². The molecule has 0 saturated heterocycles. The van der Waals surface area contributed by atoms with Gasteiger partial charge in [0.2, 0.25) is 0 Å². The maximum absolute atomic E-state index is 13.9. The fraction of sp³-hybridized carbons (Fsp3) is 1.00. The van der Waals surface area contributed by atoms with E-state index >= 15 is 0 Å². The number of rotatable bonds is 9. The van der Waals surface area contributed by atoms with Crippen molar-refractivity contribution in [3.8, 4) is 0 Å². The monoisotopic (exact) mass is 374 g/mol. The van der Waals surface area contributed by atoms with Crippen LogP contribution < -0.4 is 0 Å². The SMILES string of the molecule is CCCCCCC[C@]1(C(F)(F)F)CC[C@@H](C2CCC(CCC)CC2)CC1. The summed E-state index contributed by atoms with van der Waals surface area (Å²) in [5.41, 5.74) is -1.37. The maximum Gasteiger partial charge on any atom is 0.394 e. The largest absolute Gasteiger partial charge is 0.394 e. The van der Waals surface area contributed by atoms with Crippen LogP contribution in [0.15, 0.2) is 0 Å². The minimum atomic E-state index is -4.01. The van der Waals surface area contributed by atoms with E-state index in [1.165, 1.54) is 38.5 Å². The molecule has 0 nitrogen and oxygen atoms in total.